The summed E-state index contributed by atoms with van der Waals surface area (Å²) < 4.78 is 5.38. The average Bonchev–Trinajstić information content (AvgIpc) is 2.90. The second kappa shape index (κ2) is 4.86. The SMILES string of the molecule is Cc1ccncc1-c1noc(C2CCCNC2)n1. The smallest absolute Gasteiger partial charge is 0.231 e. The Balaban J connectivity index is 1.87. The monoisotopic (exact) mass is 244 g/mol. The quantitative estimate of drug-likeness (QED) is 0.874. The zero-order valence-electron chi connectivity index (χ0n) is 10.4. The van der Waals surface area contributed by atoms with E-state index in [1.54, 1.807) is 12.4 Å². The lowest BCUT2D eigenvalue weighted by Crippen LogP contribution is -2.28. The summed E-state index contributed by atoms with van der Waals surface area (Å²) in [7, 11) is 0. The number of aryl methyl sites for hydroxylation is 1. The Hall–Kier alpha value is -1.75. The number of aromatic nitrogens is 3. The molecule has 1 N–H and O–H groups in total. The fourth-order valence-electron chi connectivity index (χ4n) is 2.27. The van der Waals surface area contributed by atoms with Gasteiger partial charge < -0.3 is 9.84 Å². The van der Waals surface area contributed by atoms with Gasteiger partial charge in [0.05, 0.1) is 5.92 Å². The normalized spacial score (nSPS) is 19.9. The highest BCUT2D eigenvalue weighted by Crippen LogP contribution is 2.25. The van der Waals surface area contributed by atoms with Crippen molar-refractivity contribution in [2.24, 2.45) is 0 Å². The van der Waals surface area contributed by atoms with Gasteiger partial charge in [0.1, 0.15) is 0 Å². The van der Waals surface area contributed by atoms with Crippen molar-refractivity contribution in [3.05, 3.63) is 29.9 Å². The first-order chi connectivity index (χ1) is 8.84. The van der Waals surface area contributed by atoms with E-state index in [0.29, 0.717) is 11.7 Å². The molecule has 0 spiro atoms. The van der Waals surface area contributed by atoms with E-state index in [-0.39, 0.29) is 0 Å². The number of pyridine rings is 1. The first-order valence-corrected chi connectivity index (χ1v) is 6.30. The first kappa shape index (κ1) is 11.3. The Morgan fingerprint density at radius 2 is 2.39 bits per heavy atom. The molecule has 0 radical (unpaired) electrons. The molecule has 1 fully saturated rings. The van der Waals surface area contributed by atoms with Gasteiger partial charge in [-0.2, -0.15) is 4.98 Å². The summed E-state index contributed by atoms with van der Waals surface area (Å²) in [5, 5.41) is 7.42. The number of hydrogen-bond donors (Lipinski definition) is 1. The molecule has 1 aliphatic rings. The molecule has 1 unspecified atom stereocenters. The van der Waals surface area contributed by atoms with Gasteiger partial charge in [-0.25, -0.2) is 0 Å². The Bertz CT molecular complexity index is 531. The number of rotatable bonds is 2. The maximum atomic E-state index is 5.38. The predicted molar refractivity (Wildman–Crippen MR) is 67.1 cm³/mol. The van der Waals surface area contributed by atoms with Crippen LogP contribution in [0.4, 0.5) is 0 Å². The molecule has 2 aromatic heterocycles. The molecule has 0 amide bonds. The van der Waals surface area contributed by atoms with Gasteiger partial charge in [0.2, 0.25) is 11.7 Å². The van der Waals surface area contributed by atoms with Gasteiger partial charge in [-0.15, -0.1) is 0 Å². The van der Waals surface area contributed by atoms with Crippen LogP contribution in [0.25, 0.3) is 11.4 Å². The third-order valence-electron chi connectivity index (χ3n) is 3.37. The zero-order chi connectivity index (χ0) is 12.4. The standard InChI is InChI=1S/C13H16N4O/c1-9-4-6-15-8-11(9)12-16-13(18-17-12)10-3-2-5-14-7-10/h4,6,8,10,14H,2-3,5,7H2,1H3. The molecule has 0 aliphatic carbocycles. The lowest BCUT2D eigenvalue weighted by Gasteiger charge is -2.18. The van der Waals surface area contributed by atoms with Crippen LogP contribution in [0.3, 0.4) is 0 Å². The minimum atomic E-state index is 0.344. The van der Waals surface area contributed by atoms with Crippen molar-refractivity contribution in [1.82, 2.24) is 20.4 Å². The summed E-state index contributed by atoms with van der Waals surface area (Å²) in [6.45, 7) is 4.03. The fraction of sp³-hybridized carbons (Fsp3) is 0.462. The molecular formula is C13H16N4O. The maximum Gasteiger partial charge on any atom is 0.231 e. The van der Waals surface area contributed by atoms with Gasteiger partial charge >= 0.3 is 0 Å². The van der Waals surface area contributed by atoms with Crippen molar-refractivity contribution >= 4 is 0 Å². The van der Waals surface area contributed by atoms with Crippen LogP contribution in [-0.4, -0.2) is 28.2 Å². The van der Waals surface area contributed by atoms with Crippen molar-refractivity contribution in [3.63, 3.8) is 0 Å². The van der Waals surface area contributed by atoms with Crippen molar-refractivity contribution in [3.8, 4) is 11.4 Å². The highest BCUT2D eigenvalue weighted by Gasteiger charge is 2.22. The van der Waals surface area contributed by atoms with E-state index in [0.717, 1.165) is 42.9 Å². The molecule has 1 aliphatic heterocycles. The van der Waals surface area contributed by atoms with Crippen molar-refractivity contribution in [2.75, 3.05) is 13.1 Å². The highest BCUT2D eigenvalue weighted by atomic mass is 16.5. The van der Waals surface area contributed by atoms with Crippen LogP contribution in [0, 0.1) is 6.92 Å². The third kappa shape index (κ3) is 2.13. The summed E-state index contributed by atoms with van der Waals surface area (Å²) >= 11 is 0. The highest BCUT2D eigenvalue weighted by molar-refractivity contribution is 5.57. The summed E-state index contributed by atoms with van der Waals surface area (Å²) in [4.78, 5) is 8.62. The Morgan fingerprint density at radius 3 is 3.17 bits per heavy atom. The number of nitrogens with zero attached hydrogens (tertiary/aromatic N) is 3. The number of nitrogens with one attached hydrogen (secondary N) is 1. The average molecular weight is 244 g/mol. The molecule has 0 aromatic carbocycles. The molecular weight excluding hydrogens is 228 g/mol. The molecule has 5 heteroatoms. The third-order valence-corrected chi connectivity index (χ3v) is 3.37. The molecule has 5 nitrogen and oxygen atoms in total. The predicted octanol–water partition coefficient (Wildman–Crippen LogP) is 1.91. The van der Waals surface area contributed by atoms with Crippen LogP contribution in [0.15, 0.2) is 23.0 Å². The molecule has 0 bridgehead atoms. The molecule has 1 atom stereocenters. The zero-order valence-corrected chi connectivity index (χ0v) is 10.4. The van der Waals surface area contributed by atoms with Crippen LogP contribution < -0.4 is 5.32 Å². The van der Waals surface area contributed by atoms with Gasteiger partial charge in [-0.1, -0.05) is 5.16 Å². The van der Waals surface area contributed by atoms with Gasteiger partial charge in [-0.05, 0) is 37.9 Å². The second-order valence-electron chi connectivity index (χ2n) is 4.69. The summed E-state index contributed by atoms with van der Waals surface area (Å²) in [5.74, 6) is 1.72. The van der Waals surface area contributed by atoms with Crippen molar-refractivity contribution in [2.45, 2.75) is 25.7 Å². The van der Waals surface area contributed by atoms with Gasteiger partial charge in [0.25, 0.3) is 0 Å². The lowest BCUT2D eigenvalue weighted by atomic mass is 10.00. The van der Waals surface area contributed by atoms with Crippen LogP contribution >= 0.6 is 0 Å². The van der Waals surface area contributed by atoms with E-state index in [2.05, 4.69) is 20.4 Å². The van der Waals surface area contributed by atoms with Gasteiger partial charge in [-0.3, -0.25) is 4.98 Å². The van der Waals surface area contributed by atoms with Crippen molar-refractivity contribution in [1.29, 1.82) is 0 Å². The summed E-state index contributed by atoms with van der Waals surface area (Å²) in [6.07, 6.45) is 5.82. The topological polar surface area (TPSA) is 63.8 Å². The van der Waals surface area contributed by atoms with Crippen LogP contribution in [0.1, 0.15) is 30.2 Å². The van der Waals surface area contributed by atoms with Crippen LogP contribution in [-0.2, 0) is 0 Å². The Kier molecular flexibility index (Phi) is 3.06. The van der Waals surface area contributed by atoms with E-state index in [4.69, 9.17) is 4.52 Å². The van der Waals surface area contributed by atoms with E-state index < -0.39 is 0 Å². The van der Waals surface area contributed by atoms with E-state index >= 15 is 0 Å². The van der Waals surface area contributed by atoms with Crippen LogP contribution in [0.2, 0.25) is 0 Å². The molecule has 1 saturated heterocycles. The Morgan fingerprint density at radius 1 is 1.44 bits per heavy atom. The fourth-order valence-corrected chi connectivity index (χ4v) is 2.27. The van der Waals surface area contributed by atoms with Crippen molar-refractivity contribution < 1.29 is 4.52 Å². The minimum absolute atomic E-state index is 0.344. The van der Waals surface area contributed by atoms with Crippen LogP contribution in [0.5, 0.6) is 0 Å². The maximum absolute atomic E-state index is 5.38. The largest absolute Gasteiger partial charge is 0.339 e. The summed E-state index contributed by atoms with van der Waals surface area (Å²) in [6, 6.07) is 1.95. The second-order valence-corrected chi connectivity index (χ2v) is 4.69. The van der Waals surface area contributed by atoms with E-state index in [1.165, 1.54) is 0 Å². The molecule has 0 saturated carbocycles. The van der Waals surface area contributed by atoms with E-state index in [9.17, 15) is 0 Å². The molecule has 94 valence electrons. The minimum Gasteiger partial charge on any atom is -0.339 e. The molecule has 3 rings (SSSR count). The lowest BCUT2D eigenvalue weighted by molar-refractivity contribution is 0.322. The van der Waals surface area contributed by atoms with E-state index in [1.807, 2.05) is 13.0 Å². The summed E-state index contributed by atoms with van der Waals surface area (Å²) in [5.41, 5.74) is 2.05. The molecule has 2 aromatic rings. The number of piperidine rings is 1. The Labute approximate surface area is 106 Å². The number of hydrogen-bond acceptors (Lipinski definition) is 5. The molecule has 18 heavy (non-hydrogen) atoms. The molecule has 3 heterocycles. The van der Waals surface area contributed by atoms with Gasteiger partial charge in [0.15, 0.2) is 0 Å². The first-order valence-electron chi connectivity index (χ1n) is 6.30. The van der Waals surface area contributed by atoms with Gasteiger partial charge in [0, 0.05) is 24.5 Å².